The molecule has 0 aromatic heterocycles. The van der Waals surface area contributed by atoms with Crippen LogP contribution in [0.2, 0.25) is 0 Å². The molecule has 1 amide bonds. The molecule has 126 valence electrons. The van der Waals surface area contributed by atoms with E-state index in [4.69, 9.17) is 0 Å². The van der Waals surface area contributed by atoms with Crippen molar-refractivity contribution >= 4 is 12.0 Å². The standard InChI is InChI=1S/C19H28N2O2/c1-20(2)18(22)15-19(23)12-8-14-21(16-19)13-7-6-11-17-9-4-3-5-10-17/h3-6,9-11,23H,7-8,12-16H2,1-2H3/b11-6+. The average Bonchev–Trinajstić information content (AvgIpc) is 2.52. The first-order chi connectivity index (χ1) is 11.0. The van der Waals surface area contributed by atoms with Crippen molar-refractivity contribution in [2.24, 2.45) is 0 Å². The van der Waals surface area contributed by atoms with E-state index in [1.165, 1.54) is 5.56 Å². The monoisotopic (exact) mass is 316 g/mol. The lowest BCUT2D eigenvalue weighted by Gasteiger charge is -2.39. The van der Waals surface area contributed by atoms with Crippen molar-refractivity contribution in [2.45, 2.75) is 31.3 Å². The Bertz CT molecular complexity index is 527. The summed E-state index contributed by atoms with van der Waals surface area (Å²) in [6, 6.07) is 10.3. The molecule has 2 rings (SSSR count). The minimum atomic E-state index is -0.872. The number of carbonyl (C=O) groups is 1. The summed E-state index contributed by atoms with van der Waals surface area (Å²) in [5.41, 5.74) is 0.335. The molecule has 4 heteroatoms. The van der Waals surface area contributed by atoms with Gasteiger partial charge in [0.1, 0.15) is 0 Å². The van der Waals surface area contributed by atoms with Gasteiger partial charge in [0.2, 0.25) is 5.91 Å². The first-order valence-corrected chi connectivity index (χ1v) is 8.35. The van der Waals surface area contributed by atoms with Crippen molar-refractivity contribution in [1.29, 1.82) is 0 Å². The van der Waals surface area contributed by atoms with E-state index in [-0.39, 0.29) is 12.3 Å². The Morgan fingerprint density at radius 1 is 1.35 bits per heavy atom. The number of carbonyl (C=O) groups excluding carboxylic acids is 1. The van der Waals surface area contributed by atoms with Crippen molar-refractivity contribution in [3.05, 3.63) is 42.0 Å². The van der Waals surface area contributed by atoms with E-state index in [0.717, 1.165) is 25.9 Å². The van der Waals surface area contributed by atoms with Gasteiger partial charge in [0, 0.05) is 27.2 Å². The van der Waals surface area contributed by atoms with Gasteiger partial charge in [-0.25, -0.2) is 0 Å². The van der Waals surface area contributed by atoms with Crippen LogP contribution >= 0.6 is 0 Å². The summed E-state index contributed by atoms with van der Waals surface area (Å²) in [5.74, 6) is -0.00155. The first-order valence-electron chi connectivity index (χ1n) is 8.35. The predicted molar refractivity (Wildman–Crippen MR) is 94.0 cm³/mol. The van der Waals surface area contributed by atoms with E-state index in [1.807, 2.05) is 18.2 Å². The molecule has 1 fully saturated rings. The van der Waals surface area contributed by atoms with Crippen LogP contribution in [0, 0.1) is 0 Å². The fourth-order valence-corrected chi connectivity index (χ4v) is 3.02. The third-order valence-corrected chi connectivity index (χ3v) is 4.34. The highest BCUT2D eigenvalue weighted by Gasteiger charge is 2.35. The average molecular weight is 316 g/mol. The van der Waals surface area contributed by atoms with Crippen molar-refractivity contribution in [1.82, 2.24) is 9.80 Å². The number of hydrogen-bond donors (Lipinski definition) is 1. The maximum atomic E-state index is 11.9. The lowest BCUT2D eigenvalue weighted by atomic mass is 9.89. The topological polar surface area (TPSA) is 43.8 Å². The van der Waals surface area contributed by atoms with Crippen molar-refractivity contribution in [3.8, 4) is 0 Å². The zero-order valence-electron chi connectivity index (χ0n) is 14.2. The van der Waals surface area contributed by atoms with Gasteiger partial charge in [0.15, 0.2) is 0 Å². The molecule has 1 heterocycles. The van der Waals surface area contributed by atoms with E-state index in [1.54, 1.807) is 19.0 Å². The summed E-state index contributed by atoms with van der Waals surface area (Å²) in [4.78, 5) is 15.7. The normalized spacial score (nSPS) is 22.4. The third kappa shape index (κ3) is 5.81. The summed E-state index contributed by atoms with van der Waals surface area (Å²) < 4.78 is 0. The summed E-state index contributed by atoms with van der Waals surface area (Å²) in [6.07, 6.45) is 7.13. The second kappa shape index (κ2) is 8.27. The van der Waals surface area contributed by atoms with E-state index in [0.29, 0.717) is 13.0 Å². The number of piperidine rings is 1. The van der Waals surface area contributed by atoms with Gasteiger partial charge in [0.25, 0.3) is 0 Å². The Labute approximate surface area is 139 Å². The van der Waals surface area contributed by atoms with Crippen LogP contribution in [0.5, 0.6) is 0 Å². The van der Waals surface area contributed by atoms with E-state index >= 15 is 0 Å². The Morgan fingerprint density at radius 2 is 2.09 bits per heavy atom. The highest BCUT2D eigenvalue weighted by molar-refractivity contribution is 5.76. The predicted octanol–water partition coefficient (Wildman–Crippen LogP) is 2.40. The van der Waals surface area contributed by atoms with Crippen molar-refractivity contribution in [2.75, 3.05) is 33.7 Å². The van der Waals surface area contributed by atoms with Gasteiger partial charge in [-0.05, 0) is 31.4 Å². The molecule has 1 aromatic carbocycles. The largest absolute Gasteiger partial charge is 0.388 e. The zero-order chi connectivity index (χ0) is 16.7. The Kier molecular flexibility index (Phi) is 6.37. The summed E-state index contributed by atoms with van der Waals surface area (Å²) in [5, 5.41) is 10.7. The molecule has 0 spiro atoms. The second-order valence-electron chi connectivity index (χ2n) is 6.67. The van der Waals surface area contributed by atoms with Crippen LogP contribution in [0.25, 0.3) is 6.08 Å². The summed E-state index contributed by atoms with van der Waals surface area (Å²) >= 11 is 0. The number of hydrogen-bond acceptors (Lipinski definition) is 3. The molecule has 1 aliphatic rings. The number of benzene rings is 1. The molecule has 0 radical (unpaired) electrons. The van der Waals surface area contributed by atoms with E-state index in [2.05, 4.69) is 29.2 Å². The molecule has 1 saturated heterocycles. The molecular weight excluding hydrogens is 288 g/mol. The lowest BCUT2D eigenvalue weighted by Crippen LogP contribution is -2.50. The van der Waals surface area contributed by atoms with Gasteiger partial charge in [-0.2, -0.15) is 0 Å². The Balaban J connectivity index is 1.79. The highest BCUT2D eigenvalue weighted by Crippen LogP contribution is 2.25. The number of rotatable bonds is 6. The number of amides is 1. The smallest absolute Gasteiger partial charge is 0.224 e. The third-order valence-electron chi connectivity index (χ3n) is 4.34. The highest BCUT2D eigenvalue weighted by atomic mass is 16.3. The molecule has 0 saturated carbocycles. The van der Waals surface area contributed by atoms with Gasteiger partial charge in [-0.1, -0.05) is 42.5 Å². The summed E-state index contributed by atoms with van der Waals surface area (Å²) in [6.45, 7) is 2.51. The van der Waals surface area contributed by atoms with Gasteiger partial charge >= 0.3 is 0 Å². The van der Waals surface area contributed by atoms with Crippen LogP contribution in [0.1, 0.15) is 31.2 Å². The zero-order valence-corrected chi connectivity index (χ0v) is 14.2. The van der Waals surface area contributed by atoms with Crippen LogP contribution in [-0.2, 0) is 4.79 Å². The van der Waals surface area contributed by atoms with Crippen LogP contribution < -0.4 is 0 Å². The number of likely N-dealkylation sites (tertiary alicyclic amines) is 1. The van der Waals surface area contributed by atoms with Gasteiger partial charge in [-0.15, -0.1) is 0 Å². The van der Waals surface area contributed by atoms with Crippen LogP contribution in [0.4, 0.5) is 0 Å². The molecule has 1 N–H and O–H groups in total. The maximum Gasteiger partial charge on any atom is 0.224 e. The molecule has 1 unspecified atom stereocenters. The molecule has 1 aromatic rings. The van der Waals surface area contributed by atoms with E-state index in [9.17, 15) is 9.90 Å². The quantitative estimate of drug-likeness (QED) is 0.876. The minimum Gasteiger partial charge on any atom is -0.388 e. The first kappa shape index (κ1) is 17.7. The van der Waals surface area contributed by atoms with Gasteiger partial charge in [-0.3, -0.25) is 4.79 Å². The second-order valence-corrected chi connectivity index (χ2v) is 6.67. The Hall–Kier alpha value is -1.65. The molecular formula is C19H28N2O2. The fraction of sp³-hybridized carbons (Fsp3) is 0.526. The Morgan fingerprint density at radius 3 is 2.78 bits per heavy atom. The number of β-amino-alcohol motifs (C(OH)–C–C–N with tert-alkyl or cyclic N) is 1. The van der Waals surface area contributed by atoms with Crippen LogP contribution in [0.15, 0.2) is 36.4 Å². The molecule has 0 bridgehead atoms. The summed E-state index contributed by atoms with van der Waals surface area (Å²) in [7, 11) is 3.47. The maximum absolute atomic E-state index is 11.9. The molecule has 23 heavy (non-hydrogen) atoms. The van der Waals surface area contributed by atoms with Gasteiger partial charge in [0.05, 0.1) is 12.0 Å². The molecule has 4 nitrogen and oxygen atoms in total. The van der Waals surface area contributed by atoms with Crippen LogP contribution in [0.3, 0.4) is 0 Å². The lowest BCUT2D eigenvalue weighted by molar-refractivity contribution is -0.136. The number of aliphatic hydroxyl groups is 1. The van der Waals surface area contributed by atoms with Crippen LogP contribution in [-0.4, -0.2) is 60.1 Å². The minimum absolute atomic E-state index is 0.00155. The molecule has 1 atom stereocenters. The fourth-order valence-electron chi connectivity index (χ4n) is 3.02. The molecule has 1 aliphatic heterocycles. The van der Waals surface area contributed by atoms with E-state index < -0.39 is 5.60 Å². The van der Waals surface area contributed by atoms with Gasteiger partial charge < -0.3 is 14.9 Å². The number of nitrogens with zero attached hydrogens (tertiary/aromatic N) is 2. The van der Waals surface area contributed by atoms with Crippen molar-refractivity contribution < 1.29 is 9.90 Å². The van der Waals surface area contributed by atoms with Crippen molar-refractivity contribution in [3.63, 3.8) is 0 Å². The SMILES string of the molecule is CN(C)C(=O)CC1(O)CCCN(CC/C=C/c2ccccc2)C1. The molecule has 0 aliphatic carbocycles.